The van der Waals surface area contributed by atoms with Crippen LogP contribution >= 0.6 is 0 Å². The Morgan fingerprint density at radius 3 is 2.62 bits per heavy atom. The third-order valence-electron chi connectivity index (χ3n) is 3.81. The first-order valence-corrected chi connectivity index (χ1v) is 7.19. The van der Waals surface area contributed by atoms with Crippen LogP contribution in [0.3, 0.4) is 0 Å². The summed E-state index contributed by atoms with van der Waals surface area (Å²) in [7, 11) is 0. The van der Waals surface area contributed by atoms with Gasteiger partial charge in [-0.3, -0.25) is 10.6 Å². The molecule has 7 nitrogen and oxygen atoms in total. The molecule has 2 rings (SSSR count). The smallest absolute Gasteiger partial charge is 0.274 e. The van der Waals surface area contributed by atoms with Crippen LogP contribution in [-0.2, 0) is 0 Å². The summed E-state index contributed by atoms with van der Waals surface area (Å²) < 4.78 is 0. The van der Waals surface area contributed by atoms with Gasteiger partial charge in [0.25, 0.3) is 5.91 Å². The SMILES string of the molecule is CC(C)c1ncc(NN)c(C(=O)N2CCC(C)(O)CC2)n1. The zero-order valence-corrected chi connectivity index (χ0v) is 12.8. The van der Waals surface area contributed by atoms with Crippen LogP contribution in [0.1, 0.15) is 55.8 Å². The number of nitrogens with one attached hydrogen (secondary N) is 1. The molecule has 1 aliphatic heterocycles. The van der Waals surface area contributed by atoms with Crippen molar-refractivity contribution in [1.29, 1.82) is 0 Å². The van der Waals surface area contributed by atoms with Gasteiger partial charge in [0, 0.05) is 19.0 Å². The number of hydrogen-bond acceptors (Lipinski definition) is 6. The molecule has 0 atom stereocenters. The van der Waals surface area contributed by atoms with Crippen molar-refractivity contribution >= 4 is 11.6 Å². The molecular formula is C14H23N5O2. The minimum Gasteiger partial charge on any atom is -0.390 e. The molecule has 1 aliphatic rings. The Morgan fingerprint density at radius 1 is 1.48 bits per heavy atom. The van der Waals surface area contributed by atoms with E-state index in [9.17, 15) is 9.90 Å². The van der Waals surface area contributed by atoms with E-state index < -0.39 is 5.60 Å². The largest absolute Gasteiger partial charge is 0.390 e. The number of hydrazine groups is 1. The second kappa shape index (κ2) is 5.95. The molecule has 1 amide bonds. The number of amides is 1. The molecule has 0 spiro atoms. The van der Waals surface area contributed by atoms with Gasteiger partial charge in [-0.1, -0.05) is 13.8 Å². The number of nitrogen functional groups attached to an aromatic ring is 1. The molecular weight excluding hydrogens is 270 g/mol. The lowest BCUT2D eigenvalue weighted by Crippen LogP contribution is -2.45. The number of nitrogens with zero attached hydrogens (tertiary/aromatic N) is 3. The monoisotopic (exact) mass is 293 g/mol. The van der Waals surface area contributed by atoms with Crippen molar-refractivity contribution in [2.24, 2.45) is 5.84 Å². The molecule has 0 aliphatic carbocycles. The van der Waals surface area contributed by atoms with E-state index in [-0.39, 0.29) is 17.5 Å². The Bertz CT molecular complexity index is 520. The van der Waals surface area contributed by atoms with Gasteiger partial charge in [0.15, 0.2) is 5.69 Å². The van der Waals surface area contributed by atoms with Crippen LogP contribution in [-0.4, -0.2) is 44.6 Å². The summed E-state index contributed by atoms with van der Waals surface area (Å²) in [6.45, 7) is 6.76. The number of carbonyl (C=O) groups is 1. The van der Waals surface area contributed by atoms with Gasteiger partial charge >= 0.3 is 0 Å². The Balaban J connectivity index is 2.24. The zero-order chi connectivity index (χ0) is 15.6. The molecule has 7 heteroatoms. The maximum Gasteiger partial charge on any atom is 0.274 e. The Kier molecular flexibility index (Phi) is 4.43. The average Bonchev–Trinajstić information content (AvgIpc) is 2.45. The number of likely N-dealkylation sites (tertiary alicyclic amines) is 1. The minimum absolute atomic E-state index is 0.130. The molecule has 21 heavy (non-hydrogen) atoms. The first kappa shape index (κ1) is 15.7. The van der Waals surface area contributed by atoms with Gasteiger partial charge in [0.2, 0.25) is 0 Å². The Morgan fingerprint density at radius 2 is 2.10 bits per heavy atom. The number of aliphatic hydroxyl groups is 1. The summed E-state index contributed by atoms with van der Waals surface area (Å²) in [6, 6.07) is 0. The fraction of sp³-hybridized carbons (Fsp3) is 0.643. The highest BCUT2D eigenvalue weighted by Gasteiger charge is 2.31. The molecule has 1 saturated heterocycles. The lowest BCUT2D eigenvalue weighted by atomic mass is 9.93. The van der Waals surface area contributed by atoms with E-state index in [4.69, 9.17) is 5.84 Å². The second-order valence-corrected chi connectivity index (χ2v) is 6.08. The van der Waals surface area contributed by atoms with Gasteiger partial charge in [-0.15, -0.1) is 0 Å². The van der Waals surface area contributed by atoms with E-state index in [1.54, 1.807) is 11.8 Å². The van der Waals surface area contributed by atoms with E-state index in [1.807, 2.05) is 13.8 Å². The van der Waals surface area contributed by atoms with Gasteiger partial charge in [-0.05, 0) is 19.8 Å². The Labute approximate surface area is 124 Å². The summed E-state index contributed by atoms with van der Waals surface area (Å²) in [4.78, 5) is 22.9. The van der Waals surface area contributed by atoms with Crippen molar-refractivity contribution in [2.45, 2.75) is 45.1 Å². The standard InChI is InChI=1S/C14H23N5O2/c1-9(2)12-16-8-10(18-15)11(17-12)13(20)19-6-4-14(3,21)5-7-19/h8-9,18,21H,4-7,15H2,1-3H3. The van der Waals surface area contributed by atoms with Crippen LogP contribution in [0.2, 0.25) is 0 Å². The minimum atomic E-state index is -0.694. The van der Waals surface area contributed by atoms with Crippen molar-refractivity contribution in [3.63, 3.8) is 0 Å². The van der Waals surface area contributed by atoms with Crippen LogP contribution in [0.25, 0.3) is 0 Å². The number of nitrogens with two attached hydrogens (primary N) is 1. The van der Waals surface area contributed by atoms with Crippen molar-refractivity contribution in [3.05, 3.63) is 17.7 Å². The molecule has 0 radical (unpaired) electrons. The lowest BCUT2D eigenvalue weighted by Gasteiger charge is -2.35. The first-order valence-electron chi connectivity index (χ1n) is 7.19. The van der Waals surface area contributed by atoms with E-state index >= 15 is 0 Å². The number of piperidine rings is 1. The maximum atomic E-state index is 12.6. The summed E-state index contributed by atoms with van der Waals surface area (Å²) >= 11 is 0. The molecule has 0 aromatic carbocycles. The first-order chi connectivity index (χ1) is 9.84. The van der Waals surface area contributed by atoms with Gasteiger partial charge < -0.3 is 15.4 Å². The van der Waals surface area contributed by atoms with Crippen molar-refractivity contribution < 1.29 is 9.90 Å². The van der Waals surface area contributed by atoms with Crippen LogP contribution in [0.4, 0.5) is 5.69 Å². The fourth-order valence-corrected chi connectivity index (χ4v) is 2.28. The summed E-state index contributed by atoms with van der Waals surface area (Å²) in [5.41, 5.74) is 2.49. The van der Waals surface area contributed by atoms with E-state index in [0.29, 0.717) is 37.4 Å². The number of hydrogen-bond donors (Lipinski definition) is 3. The molecule has 2 heterocycles. The predicted octanol–water partition coefficient (Wildman–Crippen LogP) is 0.873. The van der Waals surface area contributed by atoms with Gasteiger partial charge in [-0.25, -0.2) is 9.97 Å². The molecule has 0 bridgehead atoms. The lowest BCUT2D eigenvalue weighted by molar-refractivity contribution is -0.00217. The van der Waals surface area contributed by atoms with E-state index in [1.165, 1.54) is 6.20 Å². The van der Waals surface area contributed by atoms with Crippen LogP contribution in [0, 0.1) is 0 Å². The molecule has 1 aromatic rings. The highest BCUT2D eigenvalue weighted by Crippen LogP contribution is 2.24. The van der Waals surface area contributed by atoms with Crippen molar-refractivity contribution in [2.75, 3.05) is 18.5 Å². The van der Waals surface area contributed by atoms with E-state index in [2.05, 4.69) is 15.4 Å². The van der Waals surface area contributed by atoms with Gasteiger partial charge in [0.05, 0.1) is 17.5 Å². The zero-order valence-electron chi connectivity index (χ0n) is 12.8. The van der Waals surface area contributed by atoms with Crippen LogP contribution in [0.5, 0.6) is 0 Å². The fourth-order valence-electron chi connectivity index (χ4n) is 2.28. The highest BCUT2D eigenvalue weighted by atomic mass is 16.3. The van der Waals surface area contributed by atoms with E-state index in [0.717, 1.165) is 0 Å². The normalized spacial score (nSPS) is 17.9. The van der Waals surface area contributed by atoms with Gasteiger partial charge in [0.1, 0.15) is 5.82 Å². The third kappa shape index (κ3) is 3.48. The molecule has 4 N–H and O–H groups in total. The third-order valence-corrected chi connectivity index (χ3v) is 3.81. The quantitative estimate of drug-likeness (QED) is 0.564. The predicted molar refractivity (Wildman–Crippen MR) is 79.7 cm³/mol. The average molecular weight is 293 g/mol. The highest BCUT2D eigenvalue weighted by molar-refractivity contribution is 5.97. The molecule has 1 fully saturated rings. The van der Waals surface area contributed by atoms with Crippen molar-refractivity contribution in [3.8, 4) is 0 Å². The summed E-state index contributed by atoms with van der Waals surface area (Å²) in [5, 5.41) is 9.97. The number of rotatable bonds is 3. The van der Waals surface area contributed by atoms with Crippen LogP contribution in [0.15, 0.2) is 6.20 Å². The summed E-state index contributed by atoms with van der Waals surface area (Å²) in [5.74, 6) is 6.01. The second-order valence-electron chi connectivity index (χ2n) is 6.08. The number of anilines is 1. The van der Waals surface area contributed by atoms with Gasteiger partial charge in [-0.2, -0.15) is 0 Å². The molecule has 116 valence electrons. The topological polar surface area (TPSA) is 104 Å². The molecule has 0 unspecified atom stereocenters. The van der Waals surface area contributed by atoms with Crippen LogP contribution < -0.4 is 11.3 Å². The number of aromatic nitrogens is 2. The number of carbonyl (C=O) groups excluding carboxylic acids is 1. The molecule has 1 aromatic heterocycles. The maximum absolute atomic E-state index is 12.6. The Hall–Kier alpha value is -1.73. The summed E-state index contributed by atoms with van der Waals surface area (Å²) in [6.07, 6.45) is 2.66. The molecule has 0 saturated carbocycles. The van der Waals surface area contributed by atoms with Crippen molar-refractivity contribution in [1.82, 2.24) is 14.9 Å².